The number of carbonyl (C=O) groups is 1. The maximum absolute atomic E-state index is 12.3. The third kappa shape index (κ3) is 5.79. The Balaban J connectivity index is 0.00000243. The number of nitrogens with one attached hydrogen (secondary N) is 1. The van der Waals surface area contributed by atoms with Crippen LogP contribution >= 0.6 is 23.7 Å². The molecule has 1 fully saturated rings. The zero-order valence-electron chi connectivity index (χ0n) is 15.1. The van der Waals surface area contributed by atoms with Crippen LogP contribution in [0.15, 0.2) is 22.0 Å². The molecular weight excluding hydrogens is 372 g/mol. The van der Waals surface area contributed by atoms with Gasteiger partial charge in [0, 0.05) is 25.9 Å². The minimum absolute atomic E-state index is 0. The number of aryl methyl sites for hydroxylation is 1. The molecule has 1 aliphatic rings. The van der Waals surface area contributed by atoms with Gasteiger partial charge in [0.1, 0.15) is 0 Å². The SMILES string of the molecule is CCNCC1CCN(C(=O)CCCc2nc(-c3cccs3)no2)CC1.Cl. The molecule has 0 aliphatic carbocycles. The largest absolute Gasteiger partial charge is 0.343 e. The van der Waals surface area contributed by atoms with Crippen molar-refractivity contribution in [2.45, 2.75) is 39.0 Å². The number of likely N-dealkylation sites (tertiary alicyclic amines) is 1. The van der Waals surface area contributed by atoms with Gasteiger partial charge >= 0.3 is 0 Å². The number of rotatable bonds is 8. The maximum atomic E-state index is 12.3. The summed E-state index contributed by atoms with van der Waals surface area (Å²) in [4.78, 5) is 19.8. The molecule has 26 heavy (non-hydrogen) atoms. The van der Waals surface area contributed by atoms with Crippen molar-refractivity contribution in [3.8, 4) is 10.7 Å². The molecule has 0 radical (unpaired) electrons. The third-order valence-corrected chi connectivity index (χ3v) is 5.51. The zero-order chi connectivity index (χ0) is 17.5. The minimum atomic E-state index is 0. The highest BCUT2D eigenvalue weighted by Crippen LogP contribution is 2.22. The van der Waals surface area contributed by atoms with Gasteiger partial charge in [-0.05, 0) is 49.7 Å². The summed E-state index contributed by atoms with van der Waals surface area (Å²) in [5.41, 5.74) is 0. The Labute approximate surface area is 164 Å². The first kappa shape index (κ1) is 20.9. The number of thiophene rings is 1. The first-order valence-corrected chi connectivity index (χ1v) is 9.99. The van der Waals surface area contributed by atoms with Gasteiger partial charge in [-0.2, -0.15) is 4.98 Å². The molecule has 6 nitrogen and oxygen atoms in total. The zero-order valence-corrected chi connectivity index (χ0v) is 16.8. The lowest BCUT2D eigenvalue weighted by Crippen LogP contribution is -2.40. The van der Waals surface area contributed by atoms with Crippen LogP contribution in [0.5, 0.6) is 0 Å². The summed E-state index contributed by atoms with van der Waals surface area (Å²) in [6, 6.07) is 3.94. The summed E-state index contributed by atoms with van der Waals surface area (Å²) in [7, 11) is 0. The Bertz CT molecular complexity index is 654. The van der Waals surface area contributed by atoms with Crippen molar-refractivity contribution >= 4 is 29.7 Å². The number of amides is 1. The van der Waals surface area contributed by atoms with Gasteiger partial charge in [0.2, 0.25) is 17.6 Å². The molecule has 0 atom stereocenters. The van der Waals surface area contributed by atoms with Gasteiger partial charge in [0.05, 0.1) is 4.88 Å². The predicted molar refractivity (Wildman–Crippen MR) is 106 cm³/mol. The standard InChI is InChI=1S/C18H26N4O2S.ClH/c1-2-19-13-14-8-10-22(11-9-14)17(23)7-3-6-16-20-18(21-24-16)15-5-4-12-25-15;/h4-5,12,14,19H,2-3,6-11,13H2,1H3;1H. The normalized spacial score (nSPS) is 15.0. The quantitative estimate of drug-likeness (QED) is 0.737. The van der Waals surface area contributed by atoms with Crippen LogP contribution in [0.4, 0.5) is 0 Å². The van der Waals surface area contributed by atoms with E-state index >= 15 is 0 Å². The lowest BCUT2D eigenvalue weighted by atomic mass is 9.96. The number of piperidine rings is 1. The number of nitrogens with zero attached hydrogens (tertiary/aromatic N) is 3. The lowest BCUT2D eigenvalue weighted by molar-refractivity contribution is -0.132. The van der Waals surface area contributed by atoms with Crippen molar-refractivity contribution < 1.29 is 9.32 Å². The first-order valence-electron chi connectivity index (χ1n) is 9.11. The van der Waals surface area contributed by atoms with Crippen molar-refractivity contribution in [2.75, 3.05) is 26.2 Å². The summed E-state index contributed by atoms with van der Waals surface area (Å²) >= 11 is 1.59. The molecule has 0 unspecified atom stereocenters. The number of hydrogen-bond acceptors (Lipinski definition) is 6. The van der Waals surface area contributed by atoms with Gasteiger partial charge < -0.3 is 14.7 Å². The van der Waals surface area contributed by atoms with Crippen molar-refractivity contribution in [1.29, 1.82) is 0 Å². The van der Waals surface area contributed by atoms with Crippen molar-refractivity contribution in [3.05, 3.63) is 23.4 Å². The molecule has 8 heteroatoms. The molecule has 1 aliphatic heterocycles. The van der Waals surface area contributed by atoms with Gasteiger partial charge in [-0.25, -0.2) is 0 Å². The number of halogens is 1. The van der Waals surface area contributed by atoms with E-state index in [1.165, 1.54) is 0 Å². The third-order valence-electron chi connectivity index (χ3n) is 4.64. The van der Waals surface area contributed by atoms with Crippen LogP contribution in [0.3, 0.4) is 0 Å². The maximum Gasteiger partial charge on any atom is 0.226 e. The van der Waals surface area contributed by atoms with E-state index in [9.17, 15) is 4.79 Å². The smallest absolute Gasteiger partial charge is 0.226 e. The van der Waals surface area contributed by atoms with Crippen LogP contribution in [0.2, 0.25) is 0 Å². The number of aromatic nitrogens is 2. The minimum Gasteiger partial charge on any atom is -0.343 e. The van der Waals surface area contributed by atoms with E-state index in [1.54, 1.807) is 11.3 Å². The average Bonchev–Trinajstić information content (AvgIpc) is 3.31. The van der Waals surface area contributed by atoms with Crippen LogP contribution in [-0.4, -0.2) is 47.1 Å². The highest BCUT2D eigenvalue weighted by atomic mass is 35.5. The molecule has 2 aromatic heterocycles. The molecular formula is C18H27ClN4O2S. The molecule has 144 valence electrons. The monoisotopic (exact) mass is 398 g/mol. The van der Waals surface area contributed by atoms with Gasteiger partial charge in [-0.15, -0.1) is 23.7 Å². The highest BCUT2D eigenvalue weighted by molar-refractivity contribution is 7.13. The molecule has 0 bridgehead atoms. The van der Waals surface area contributed by atoms with Crippen LogP contribution < -0.4 is 5.32 Å². The van der Waals surface area contributed by atoms with Gasteiger partial charge in [-0.1, -0.05) is 18.1 Å². The summed E-state index contributed by atoms with van der Waals surface area (Å²) in [5.74, 6) is 2.21. The Morgan fingerprint density at radius 2 is 2.23 bits per heavy atom. The fraction of sp³-hybridized carbons (Fsp3) is 0.611. The Morgan fingerprint density at radius 3 is 2.92 bits per heavy atom. The summed E-state index contributed by atoms with van der Waals surface area (Å²) in [5, 5.41) is 9.39. The summed E-state index contributed by atoms with van der Waals surface area (Å²) in [6.07, 6.45) is 4.16. The lowest BCUT2D eigenvalue weighted by Gasteiger charge is -2.32. The molecule has 2 aromatic rings. The Kier molecular flexibility index (Phi) is 8.54. The van der Waals surface area contributed by atoms with Crippen molar-refractivity contribution in [3.63, 3.8) is 0 Å². The second-order valence-corrected chi connectivity index (χ2v) is 7.42. The van der Waals surface area contributed by atoms with E-state index < -0.39 is 0 Å². The van der Waals surface area contributed by atoms with Crippen molar-refractivity contribution in [1.82, 2.24) is 20.4 Å². The first-order chi connectivity index (χ1) is 12.3. The fourth-order valence-corrected chi connectivity index (χ4v) is 3.80. The molecule has 1 amide bonds. The molecule has 3 rings (SSSR count). The van der Waals surface area contributed by atoms with Crippen LogP contribution in [0.25, 0.3) is 10.7 Å². The Hall–Kier alpha value is -1.44. The fourth-order valence-electron chi connectivity index (χ4n) is 3.15. The second-order valence-electron chi connectivity index (χ2n) is 6.47. The molecule has 3 heterocycles. The second kappa shape index (κ2) is 10.6. The van der Waals surface area contributed by atoms with E-state index in [2.05, 4.69) is 22.4 Å². The van der Waals surface area contributed by atoms with E-state index in [0.29, 0.717) is 30.5 Å². The molecule has 0 spiro atoms. The van der Waals surface area contributed by atoms with Gasteiger partial charge in [-0.3, -0.25) is 4.79 Å². The molecule has 0 aromatic carbocycles. The van der Waals surface area contributed by atoms with Crippen LogP contribution in [0, 0.1) is 5.92 Å². The predicted octanol–water partition coefficient (Wildman–Crippen LogP) is 3.39. The van der Waals surface area contributed by atoms with Gasteiger partial charge in [0.25, 0.3) is 0 Å². The van der Waals surface area contributed by atoms with Crippen molar-refractivity contribution in [2.24, 2.45) is 5.92 Å². The topological polar surface area (TPSA) is 71.3 Å². The number of carbonyl (C=O) groups excluding carboxylic acids is 1. The van der Waals surface area contributed by atoms with E-state index in [0.717, 1.165) is 50.3 Å². The molecule has 1 N–H and O–H groups in total. The highest BCUT2D eigenvalue weighted by Gasteiger charge is 2.22. The van der Waals surface area contributed by atoms with E-state index in [1.807, 2.05) is 22.4 Å². The number of hydrogen-bond donors (Lipinski definition) is 1. The summed E-state index contributed by atoms with van der Waals surface area (Å²) < 4.78 is 5.28. The van der Waals surface area contributed by atoms with Crippen LogP contribution in [-0.2, 0) is 11.2 Å². The van der Waals surface area contributed by atoms with Gasteiger partial charge in [0.15, 0.2) is 0 Å². The molecule has 1 saturated heterocycles. The average molecular weight is 399 g/mol. The Morgan fingerprint density at radius 1 is 1.42 bits per heavy atom. The van der Waals surface area contributed by atoms with E-state index in [-0.39, 0.29) is 18.3 Å². The van der Waals surface area contributed by atoms with E-state index in [4.69, 9.17) is 4.52 Å². The summed E-state index contributed by atoms with van der Waals surface area (Å²) in [6.45, 7) is 5.99. The van der Waals surface area contributed by atoms with Crippen LogP contribution in [0.1, 0.15) is 38.5 Å². The molecule has 0 saturated carbocycles.